The fourth-order valence-electron chi connectivity index (χ4n) is 1.76. The summed E-state index contributed by atoms with van der Waals surface area (Å²) in [5, 5.41) is 0. The Morgan fingerprint density at radius 3 is 2.33 bits per heavy atom. The van der Waals surface area contributed by atoms with E-state index < -0.39 is 5.91 Å². The molecule has 6 heteroatoms. The summed E-state index contributed by atoms with van der Waals surface area (Å²) in [6.07, 6.45) is 1.98. The van der Waals surface area contributed by atoms with Crippen molar-refractivity contribution in [2.45, 2.75) is 40.0 Å². The van der Waals surface area contributed by atoms with E-state index >= 15 is 0 Å². The normalized spacial score (nSPS) is 13.1. The zero-order valence-corrected chi connectivity index (χ0v) is 11.5. The van der Waals surface area contributed by atoms with Crippen LogP contribution < -0.4 is 16.9 Å². The molecule has 0 rings (SSSR count). The molecule has 0 heterocycles. The van der Waals surface area contributed by atoms with Gasteiger partial charge < -0.3 is 11.5 Å². The molecule has 0 aliphatic rings. The van der Waals surface area contributed by atoms with Crippen molar-refractivity contribution in [2.24, 2.45) is 22.8 Å². The lowest BCUT2D eigenvalue weighted by atomic mass is 9.76. The van der Waals surface area contributed by atoms with E-state index in [2.05, 4.69) is 31.1 Å². The third kappa shape index (κ3) is 8.03. The quantitative estimate of drug-likeness (QED) is 0.545. The van der Waals surface area contributed by atoms with E-state index in [9.17, 15) is 9.59 Å². The predicted molar refractivity (Wildman–Crippen MR) is 69.1 cm³/mol. The van der Waals surface area contributed by atoms with Gasteiger partial charge in [-0.05, 0) is 30.7 Å². The lowest BCUT2D eigenvalue weighted by Crippen LogP contribution is -2.30. The van der Waals surface area contributed by atoms with E-state index in [-0.39, 0.29) is 17.9 Å². The highest BCUT2D eigenvalue weighted by Gasteiger charge is 2.24. The second-order valence-electron chi connectivity index (χ2n) is 5.46. The van der Waals surface area contributed by atoms with Gasteiger partial charge in [-0.2, -0.15) is 0 Å². The number of amides is 2. The maximum absolute atomic E-state index is 11.4. The van der Waals surface area contributed by atoms with Crippen LogP contribution in [0.15, 0.2) is 0 Å². The third-order valence-corrected chi connectivity index (χ3v) is 2.86. The number of carbonyl (C=O) groups excluding carboxylic acids is 2. The van der Waals surface area contributed by atoms with Gasteiger partial charge in [0.1, 0.15) is 0 Å². The fourth-order valence-corrected chi connectivity index (χ4v) is 1.76. The van der Waals surface area contributed by atoms with Crippen LogP contribution in [0.5, 0.6) is 0 Å². The molecular weight excluding hydrogens is 234 g/mol. The van der Waals surface area contributed by atoms with Gasteiger partial charge in [0.25, 0.3) is 0 Å². The first-order valence-electron chi connectivity index (χ1n) is 6.16. The van der Waals surface area contributed by atoms with Crippen LogP contribution in [0, 0.1) is 11.3 Å². The number of primary amides is 1. The monoisotopic (exact) mass is 259 g/mol. The van der Waals surface area contributed by atoms with Crippen LogP contribution in [0.4, 0.5) is 0 Å². The molecule has 2 amide bonds. The molecule has 1 unspecified atom stereocenters. The molecule has 0 spiro atoms. The van der Waals surface area contributed by atoms with Crippen molar-refractivity contribution in [3.63, 3.8) is 0 Å². The predicted octanol–water partition coefficient (Wildman–Crippen LogP) is 0.311. The summed E-state index contributed by atoms with van der Waals surface area (Å²) in [6, 6.07) is 0. The molecule has 0 fully saturated rings. The molecule has 0 aliphatic heterocycles. The maximum atomic E-state index is 11.4. The first-order valence-corrected chi connectivity index (χ1v) is 6.16. The summed E-state index contributed by atoms with van der Waals surface area (Å²) in [7, 11) is 0. The van der Waals surface area contributed by atoms with E-state index in [4.69, 9.17) is 11.5 Å². The maximum Gasteiger partial charge on any atom is 0.246 e. The Labute approximate surface area is 108 Å². The molecule has 0 aromatic carbocycles. The summed E-state index contributed by atoms with van der Waals surface area (Å²) in [5.41, 5.74) is 12.7. The van der Waals surface area contributed by atoms with E-state index in [1.54, 1.807) is 0 Å². The van der Waals surface area contributed by atoms with E-state index in [1.807, 2.05) is 0 Å². The lowest BCUT2D eigenvalue weighted by molar-refractivity contribution is -0.138. The summed E-state index contributed by atoms with van der Waals surface area (Å²) in [4.78, 5) is 26.5. The topological polar surface area (TPSA) is 107 Å². The molecule has 0 aliphatic carbocycles. The lowest BCUT2D eigenvalue weighted by Gasteiger charge is -2.30. The van der Waals surface area contributed by atoms with Gasteiger partial charge in [0.2, 0.25) is 11.8 Å². The van der Waals surface area contributed by atoms with E-state index in [0.29, 0.717) is 18.9 Å². The largest absolute Gasteiger partial charge is 0.368 e. The Morgan fingerprint density at radius 1 is 1.28 bits per heavy atom. The number of nitrogens with two attached hydrogens (primary N) is 2. The van der Waals surface area contributed by atoms with Gasteiger partial charge >= 0.3 is 0 Å². The van der Waals surface area contributed by atoms with Gasteiger partial charge in [-0.3, -0.25) is 14.4 Å². The minimum Gasteiger partial charge on any atom is -0.368 e. The van der Waals surface area contributed by atoms with Crippen molar-refractivity contribution >= 4 is 11.8 Å². The van der Waals surface area contributed by atoms with Crippen LogP contribution in [0.3, 0.4) is 0 Å². The molecule has 0 saturated heterocycles. The Morgan fingerprint density at radius 2 is 1.89 bits per heavy atom. The highest BCUT2D eigenvalue weighted by molar-refractivity contribution is 5.76. The summed E-state index contributed by atoms with van der Waals surface area (Å²) in [5.74, 6) is -0.488. The van der Waals surface area contributed by atoms with Crippen molar-refractivity contribution in [3.8, 4) is 0 Å². The van der Waals surface area contributed by atoms with Gasteiger partial charge in [-0.1, -0.05) is 20.8 Å². The fraction of sp³-hybridized carbons (Fsp3) is 0.833. The van der Waals surface area contributed by atoms with Gasteiger partial charge in [0.05, 0.1) is 0 Å². The van der Waals surface area contributed by atoms with Crippen LogP contribution >= 0.6 is 0 Å². The highest BCUT2D eigenvalue weighted by Crippen LogP contribution is 2.31. The highest BCUT2D eigenvalue weighted by atomic mass is 16.7. The van der Waals surface area contributed by atoms with Gasteiger partial charge in [0.15, 0.2) is 6.61 Å². The van der Waals surface area contributed by atoms with Crippen LogP contribution in [-0.4, -0.2) is 25.0 Å². The van der Waals surface area contributed by atoms with Crippen molar-refractivity contribution < 1.29 is 14.4 Å². The van der Waals surface area contributed by atoms with Crippen LogP contribution in [0.25, 0.3) is 0 Å². The molecular formula is C12H25N3O3. The van der Waals surface area contributed by atoms with Crippen molar-refractivity contribution in [3.05, 3.63) is 0 Å². The number of hydrogen-bond acceptors (Lipinski definition) is 4. The molecule has 6 nitrogen and oxygen atoms in total. The molecule has 0 radical (unpaired) electrons. The number of hydrogen-bond donors (Lipinski definition) is 3. The molecule has 5 N–H and O–H groups in total. The Balaban J connectivity index is 3.96. The van der Waals surface area contributed by atoms with Crippen molar-refractivity contribution in [2.75, 3.05) is 13.2 Å². The summed E-state index contributed by atoms with van der Waals surface area (Å²) < 4.78 is 0. The zero-order chi connectivity index (χ0) is 14.2. The summed E-state index contributed by atoms with van der Waals surface area (Å²) >= 11 is 0. The molecule has 18 heavy (non-hydrogen) atoms. The Kier molecular flexibility index (Phi) is 7.54. The number of nitrogens with one attached hydrogen (secondary N) is 1. The van der Waals surface area contributed by atoms with Gasteiger partial charge in [-0.25, -0.2) is 5.48 Å². The minimum absolute atomic E-state index is 0.119. The molecule has 106 valence electrons. The first-order chi connectivity index (χ1) is 8.27. The molecule has 0 saturated carbocycles. The van der Waals surface area contributed by atoms with Crippen LogP contribution in [0.2, 0.25) is 0 Å². The second-order valence-corrected chi connectivity index (χ2v) is 5.46. The molecule has 0 bridgehead atoms. The van der Waals surface area contributed by atoms with E-state index in [0.717, 1.165) is 12.8 Å². The minimum atomic E-state index is -0.619. The first kappa shape index (κ1) is 16.9. The molecule has 0 aromatic rings. The number of hydroxylamine groups is 1. The average molecular weight is 259 g/mol. The van der Waals surface area contributed by atoms with Crippen molar-refractivity contribution in [1.29, 1.82) is 0 Å². The zero-order valence-electron chi connectivity index (χ0n) is 11.5. The van der Waals surface area contributed by atoms with E-state index in [1.165, 1.54) is 0 Å². The molecule has 0 aromatic heterocycles. The summed E-state index contributed by atoms with van der Waals surface area (Å²) in [6.45, 7) is 6.71. The SMILES string of the molecule is CC(C)(C)C(CCN)CCC(=O)NOCC(N)=O. The van der Waals surface area contributed by atoms with Gasteiger partial charge in [-0.15, -0.1) is 0 Å². The number of rotatable bonds is 8. The second kappa shape index (κ2) is 8.05. The van der Waals surface area contributed by atoms with Crippen LogP contribution in [0.1, 0.15) is 40.0 Å². The van der Waals surface area contributed by atoms with Gasteiger partial charge in [0, 0.05) is 6.42 Å². The smallest absolute Gasteiger partial charge is 0.246 e. The van der Waals surface area contributed by atoms with Crippen molar-refractivity contribution in [1.82, 2.24) is 5.48 Å². The third-order valence-electron chi connectivity index (χ3n) is 2.86. The standard InChI is InChI=1S/C12H25N3O3/c1-12(2,3)9(6-7-13)4-5-11(17)15-18-8-10(14)16/h9H,4-8,13H2,1-3H3,(H2,14,16)(H,15,17). The number of carbonyl (C=O) groups is 2. The molecule has 1 atom stereocenters. The Hall–Kier alpha value is -1.14. The van der Waals surface area contributed by atoms with Crippen LogP contribution in [-0.2, 0) is 14.4 Å². The average Bonchev–Trinajstić information content (AvgIpc) is 2.21. The Bertz CT molecular complexity index is 274.